The molecule has 146 valence electrons. The zero-order valence-electron chi connectivity index (χ0n) is 15.3. The van der Waals surface area contributed by atoms with E-state index < -0.39 is 0 Å². The van der Waals surface area contributed by atoms with Gasteiger partial charge in [0.2, 0.25) is 11.6 Å². The summed E-state index contributed by atoms with van der Waals surface area (Å²) in [5, 5.41) is 11.5. The van der Waals surface area contributed by atoms with Crippen LogP contribution >= 0.6 is 11.8 Å². The van der Waals surface area contributed by atoms with Gasteiger partial charge in [-0.25, -0.2) is 0 Å². The first-order valence-corrected chi connectivity index (χ1v) is 10.2. The zero-order chi connectivity index (χ0) is 19.3. The molecule has 1 aliphatic rings. The summed E-state index contributed by atoms with van der Waals surface area (Å²) in [6, 6.07) is 9.76. The lowest BCUT2D eigenvalue weighted by atomic mass is 10.2. The highest BCUT2D eigenvalue weighted by Crippen LogP contribution is 2.15. The molecule has 2 aromatic heterocycles. The van der Waals surface area contributed by atoms with Crippen molar-refractivity contribution in [1.82, 2.24) is 24.5 Å². The van der Waals surface area contributed by atoms with E-state index in [2.05, 4.69) is 15.5 Å². The maximum absolute atomic E-state index is 12.7. The molecule has 1 aliphatic heterocycles. The summed E-state index contributed by atoms with van der Waals surface area (Å²) in [4.78, 5) is 24.7. The van der Waals surface area contributed by atoms with Gasteiger partial charge in [0.15, 0.2) is 5.16 Å². The Morgan fingerprint density at radius 1 is 1.25 bits per heavy atom. The maximum atomic E-state index is 12.7. The summed E-state index contributed by atoms with van der Waals surface area (Å²) in [5.41, 5.74) is 1.07. The van der Waals surface area contributed by atoms with Gasteiger partial charge in [0.25, 0.3) is 5.56 Å². The van der Waals surface area contributed by atoms with E-state index in [1.807, 2.05) is 30.3 Å². The third-order valence-corrected chi connectivity index (χ3v) is 5.53. The number of carbonyl (C=O) groups excluding carboxylic acids is 1. The van der Waals surface area contributed by atoms with Gasteiger partial charge in [-0.05, 0) is 18.4 Å². The predicted octanol–water partition coefficient (Wildman–Crippen LogP) is 1.33. The predicted molar refractivity (Wildman–Crippen MR) is 105 cm³/mol. The van der Waals surface area contributed by atoms with E-state index in [4.69, 9.17) is 4.74 Å². The van der Waals surface area contributed by atoms with Gasteiger partial charge in [-0.2, -0.15) is 0 Å². The van der Waals surface area contributed by atoms with E-state index >= 15 is 0 Å². The van der Waals surface area contributed by atoms with Gasteiger partial charge in [0.1, 0.15) is 0 Å². The topological polar surface area (TPSA) is 90.5 Å². The van der Waals surface area contributed by atoms with E-state index in [-0.39, 0.29) is 29.0 Å². The number of amides is 1. The molecule has 1 fully saturated rings. The van der Waals surface area contributed by atoms with Crippen molar-refractivity contribution >= 4 is 23.3 Å². The molecule has 8 nitrogen and oxygen atoms in total. The summed E-state index contributed by atoms with van der Waals surface area (Å²) < 4.78 is 8.72. The minimum absolute atomic E-state index is 0.0883. The van der Waals surface area contributed by atoms with Crippen molar-refractivity contribution in [3.05, 3.63) is 58.6 Å². The van der Waals surface area contributed by atoms with Crippen LogP contribution in [0.3, 0.4) is 0 Å². The van der Waals surface area contributed by atoms with Gasteiger partial charge in [0.05, 0.1) is 18.4 Å². The first-order valence-electron chi connectivity index (χ1n) is 9.20. The number of ether oxygens (including phenoxy) is 1. The smallest absolute Gasteiger partial charge is 0.296 e. The van der Waals surface area contributed by atoms with Crippen LogP contribution in [0.1, 0.15) is 18.4 Å². The Balaban J connectivity index is 1.40. The normalized spacial score (nSPS) is 16.5. The second-order valence-electron chi connectivity index (χ2n) is 6.62. The van der Waals surface area contributed by atoms with Gasteiger partial charge in [-0.15, -0.1) is 10.2 Å². The number of hydrogen-bond donors (Lipinski definition) is 1. The van der Waals surface area contributed by atoms with E-state index in [0.29, 0.717) is 18.2 Å². The number of nitrogens with zero attached hydrogens (tertiary/aromatic N) is 4. The fourth-order valence-corrected chi connectivity index (χ4v) is 3.86. The lowest BCUT2D eigenvalue weighted by Crippen LogP contribution is -2.32. The molecule has 0 spiro atoms. The van der Waals surface area contributed by atoms with Crippen molar-refractivity contribution < 1.29 is 9.53 Å². The summed E-state index contributed by atoms with van der Waals surface area (Å²) in [5.74, 6) is 0.121. The molecule has 1 saturated heterocycles. The van der Waals surface area contributed by atoms with Crippen molar-refractivity contribution in [3.63, 3.8) is 0 Å². The van der Waals surface area contributed by atoms with Gasteiger partial charge < -0.3 is 14.6 Å². The van der Waals surface area contributed by atoms with Gasteiger partial charge in [0, 0.05) is 25.5 Å². The molecule has 1 N–H and O–H groups in total. The molecule has 1 aromatic carbocycles. The van der Waals surface area contributed by atoms with Crippen molar-refractivity contribution in [3.8, 4) is 0 Å². The second kappa shape index (κ2) is 8.57. The van der Waals surface area contributed by atoms with Gasteiger partial charge in [-0.3, -0.25) is 14.0 Å². The quantitative estimate of drug-likeness (QED) is 0.603. The van der Waals surface area contributed by atoms with E-state index in [9.17, 15) is 9.59 Å². The van der Waals surface area contributed by atoms with Crippen LogP contribution in [0, 0.1) is 0 Å². The Labute approximate surface area is 165 Å². The molecule has 9 heteroatoms. The Morgan fingerprint density at radius 2 is 2.11 bits per heavy atom. The van der Waals surface area contributed by atoms with Gasteiger partial charge >= 0.3 is 0 Å². The van der Waals surface area contributed by atoms with Crippen molar-refractivity contribution in [2.24, 2.45) is 0 Å². The van der Waals surface area contributed by atoms with Crippen LogP contribution in [-0.2, 0) is 16.1 Å². The van der Waals surface area contributed by atoms with Crippen LogP contribution in [0.5, 0.6) is 0 Å². The standard InChI is InChI=1S/C19H21N5O3S/c25-16(20-11-15-7-4-10-27-15)13-28-19-22-21-17-18(26)23(8-9-24(17)19)12-14-5-2-1-3-6-14/h1-3,5-6,8-9,15H,4,7,10-13H2,(H,20,25). The van der Waals surface area contributed by atoms with Crippen LogP contribution < -0.4 is 10.9 Å². The summed E-state index contributed by atoms with van der Waals surface area (Å²) in [6.45, 7) is 1.77. The number of rotatable bonds is 7. The molecule has 3 aromatic rings. The van der Waals surface area contributed by atoms with Crippen LogP contribution in [0.4, 0.5) is 0 Å². The highest BCUT2D eigenvalue weighted by molar-refractivity contribution is 7.99. The average Bonchev–Trinajstić information content (AvgIpc) is 3.38. The minimum Gasteiger partial charge on any atom is -0.376 e. The Bertz CT molecular complexity index is 1010. The number of benzene rings is 1. The highest BCUT2D eigenvalue weighted by atomic mass is 32.2. The fraction of sp³-hybridized carbons (Fsp3) is 0.368. The van der Waals surface area contributed by atoms with Crippen LogP contribution in [0.25, 0.3) is 5.65 Å². The molecule has 0 saturated carbocycles. The molecule has 28 heavy (non-hydrogen) atoms. The van der Waals surface area contributed by atoms with Crippen LogP contribution in [-0.4, -0.2) is 50.1 Å². The Kier molecular flexibility index (Phi) is 5.73. The second-order valence-corrected chi connectivity index (χ2v) is 7.56. The number of thioether (sulfide) groups is 1. The fourth-order valence-electron chi connectivity index (χ4n) is 3.12. The molecule has 0 aliphatic carbocycles. The average molecular weight is 399 g/mol. The first kappa shape index (κ1) is 18.7. The maximum Gasteiger partial charge on any atom is 0.296 e. The Hall–Kier alpha value is -2.65. The monoisotopic (exact) mass is 399 g/mol. The summed E-state index contributed by atoms with van der Waals surface area (Å²) in [7, 11) is 0. The molecule has 1 unspecified atom stereocenters. The molecular weight excluding hydrogens is 378 g/mol. The lowest BCUT2D eigenvalue weighted by molar-refractivity contribution is -0.119. The SMILES string of the molecule is O=C(CSc1nnc2c(=O)n(Cc3ccccc3)ccn12)NCC1CCCO1. The molecule has 3 heterocycles. The number of hydrogen-bond acceptors (Lipinski definition) is 6. The molecular formula is C19H21N5O3S. The zero-order valence-corrected chi connectivity index (χ0v) is 16.1. The summed E-state index contributed by atoms with van der Waals surface area (Å²) >= 11 is 1.25. The van der Waals surface area contributed by atoms with Crippen molar-refractivity contribution in [2.75, 3.05) is 18.9 Å². The van der Waals surface area contributed by atoms with Gasteiger partial charge in [-0.1, -0.05) is 42.1 Å². The number of aromatic nitrogens is 4. The number of fused-ring (bicyclic) bond motifs is 1. The molecule has 0 radical (unpaired) electrons. The molecule has 4 rings (SSSR count). The molecule has 0 bridgehead atoms. The van der Waals surface area contributed by atoms with E-state index in [1.165, 1.54) is 11.8 Å². The van der Waals surface area contributed by atoms with Crippen molar-refractivity contribution in [2.45, 2.75) is 30.6 Å². The Morgan fingerprint density at radius 3 is 2.89 bits per heavy atom. The minimum atomic E-state index is -0.214. The highest BCUT2D eigenvalue weighted by Gasteiger charge is 2.17. The van der Waals surface area contributed by atoms with Crippen LogP contribution in [0.2, 0.25) is 0 Å². The number of nitrogens with one attached hydrogen (secondary N) is 1. The third kappa shape index (κ3) is 4.26. The third-order valence-electron chi connectivity index (χ3n) is 4.59. The van der Waals surface area contributed by atoms with Crippen molar-refractivity contribution in [1.29, 1.82) is 0 Å². The first-order chi connectivity index (χ1) is 13.7. The van der Waals surface area contributed by atoms with E-state index in [0.717, 1.165) is 25.0 Å². The van der Waals surface area contributed by atoms with E-state index in [1.54, 1.807) is 21.4 Å². The molecule has 1 amide bonds. The summed E-state index contributed by atoms with van der Waals surface area (Å²) in [6.07, 6.45) is 5.62. The van der Waals surface area contributed by atoms with Crippen LogP contribution in [0.15, 0.2) is 52.7 Å². The lowest BCUT2D eigenvalue weighted by Gasteiger charge is -2.10. The number of carbonyl (C=O) groups is 1. The molecule has 1 atom stereocenters. The largest absolute Gasteiger partial charge is 0.376 e.